The van der Waals surface area contributed by atoms with Crippen LogP contribution < -0.4 is 0 Å². The zero-order valence-electron chi connectivity index (χ0n) is 14.2. The summed E-state index contributed by atoms with van der Waals surface area (Å²) in [6.07, 6.45) is 2.56. The summed E-state index contributed by atoms with van der Waals surface area (Å²) in [6, 6.07) is 12.5. The van der Waals surface area contributed by atoms with E-state index < -0.39 is 12.0 Å². The fraction of sp³-hybridized carbons (Fsp3) is 0.368. The van der Waals surface area contributed by atoms with Gasteiger partial charge in [-0.05, 0) is 37.6 Å². The van der Waals surface area contributed by atoms with E-state index in [1.165, 1.54) is 16.7 Å². The third kappa shape index (κ3) is 3.91. The summed E-state index contributed by atoms with van der Waals surface area (Å²) in [6.45, 7) is 1.16. The molecule has 6 heteroatoms. The number of carboxylic acid groups (broad SMARTS) is 1. The van der Waals surface area contributed by atoms with E-state index in [1.807, 2.05) is 25.2 Å². The summed E-state index contributed by atoms with van der Waals surface area (Å²) < 4.78 is 5.14. The van der Waals surface area contributed by atoms with Crippen LogP contribution in [0.4, 0.5) is 0 Å². The molecule has 1 aromatic carbocycles. The van der Waals surface area contributed by atoms with Gasteiger partial charge in [0.05, 0.1) is 6.26 Å². The molecule has 132 valence electrons. The predicted octanol–water partition coefficient (Wildman–Crippen LogP) is 2.47. The highest BCUT2D eigenvalue weighted by atomic mass is 16.4. The van der Waals surface area contributed by atoms with Crippen LogP contribution in [0.2, 0.25) is 0 Å². The van der Waals surface area contributed by atoms with Gasteiger partial charge < -0.3 is 14.4 Å². The molecule has 1 fully saturated rings. The number of carbonyl (C=O) groups excluding carboxylic acids is 1. The smallest absolute Gasteiger partial charge is 0.326 e. The van der Waals surface area contributed by atoms with Crippen LogP contribution in [0, 0.1) is 0 Å². The number of furan rings is 1. The van der Waals surface area contributed by atoms with Crippen molar-refractivity contribution in [2.75, 3.05) is 13.6 Å². The standard InChI is InChI=1S/C19H22N2O4/c1-20(13-14-6-3-2-4-7-14)15-9-10-21(16(12-15)19(23)24)18(22)17-8-5-11-25-17/h2-8,11,15-16H,9-10,12-13H2,1H3,(H,23,24). The van der Waals surface area contributed by atoms with E-state index in [0.717, 1.165) is 13.0 Å². The number of nitrogens with zero attached hydrogens (tertiary/aromatic N) is 2. The first kappa shape index (κ1) is 17.2. The minimum Gasteiger partial charge on any atom is -0.480 e. The molecule has 0 spiro atoms. The Balaban J connectivity index is 1.68. The molecule has 1 saturated heterocycles. The molecule has 2 unspecified atom stereocenters. The Kier molecular flexibility index (Phi) is 5.19. The van der Waals surface area contributed by atoms with Crippen LogP contribution in [0.15, 0.2) is 53.1 Å². The zero-order valence-corrected chi connectivity index (χ0v) is 14.2. The Hall–Kier alpha value is -2.60. The number of benzene rings is 1. The Bertz CT molecular complexity index is 714. The molecule has 25 heavy (non-hydrogen) atoms. The average Bonchev–Trinajstić information content (AvgIpc) is 3.16. The maximum absolute atomic E-state index is 12.5. The lowest BCUT2D eigenvalue weighted by atomic mass is 9.95. The number of piperidine rings is 1. The fourth-order valence-corrected chi connectivity index (χ4v) is 3.37. The van der Waals surface area contributed by atoms with E-state index in [0.29, 0.717) is 13.0 Å². The second-order valence-electron chi connectivity index (χ2n) is 6.41. The highest BCUT2D eigenvalue weighted by Crippen LogP contribution is 2.24. The highest BCUT2D eigenvalue weighted by molar-refractivity contribution is 5.94. The maximum Gasteiger partial charge on any atom is 0.326 e. The molecule has 0 bridgehead atoms. The van der Waals surface area contributed by atoms with Gasteiger partial charge in [0.2, 0.25) is 0 Å². The van der Waals surface area contributed by atoms with Crippen LogP contribution in [0.25, 0.3) is 0 Å². The number of carboxylic acids is 1. The second-order valence-corrected chi connectivity index (χ2v) is 6.41. The van der Waals surface area contributed by atoms with Crippen LogP contribution in [0.3, 0.4) is 0 Å². The number of hydrogen-bond donors (Lipinski definition) is 1. The SMILES string of the molecule is CN(Cc1ccccc1)C1CCN(C(=O)c2ccco2)C(C(=O)O)C1. The monoisotopic (exact) mass is 342 g/mol. The number of likely N-dealkylation sites (tertiary alicyclic amines) is 1. The molecule has 1 N–H and O–H groups in total. The van der Waals surface area contributed by atoms with Gasteiger partial charge in [0.1, 0.15) is 6.04 Å². The van der Waals surface area contributed by atoms with Crippen molar-refractivity contribution >= 4 is 11.9 Å². The molecule has 3 rings (SSSR count). The third-order valence-corrected chi connectivity index (χ3v) is 4.75. The van der Waals surface area contributed by atoms with Gasteiger partial charge in [0, 0.05) is 19.1 Å². The third-order valence-electron chi connectivity index (χ3n) is 4.75. The first-order chi connectivity index (χ1) is 12.1. The normalized spacial score (nSPS) is 20.6. The van der Waals surface area contributed by atoms with E-state index in [4.69, 9.17) is 4.42 Å². The fourth-order valence-electron chi connectivity index (χ4n) is 3.37. The van der Waals surface area contributed by atoms with Gasteiger partial charge in [-0.15, -0.1) is 0 Å². The number of hydrogen-bond acceptors (Lipinski definition) is 4. The van der Waals surface area contributed by atoms with Gasteiger partial charge in [-0.3, -0.25) is 9.69 Å². The molecule has 1 aromatic heterocycles. The summed E-state index contributed by atoms with van der Waals surface area (Å²) in [7, 11) is 2.00. The van der Waals surface area contributed by atoms with Crippen molar-refractivity contribution in [3.8, 4) is 0 Å². The highest BCUT2D eigenvalue weighted by Gasteiger charge is 2.38. The summed E-state index contributed by atoms with van der Waals surface area (Å²) in [4.78, 5) is 27.8. The molecule has 1 amide bonds. The van der Waals surface area contributed by atoms with Crippen molar-refractivity contribution in [2.45, 2.75) is 31.5 Å². The first-order valence-electron chi connectivity index (χ1n) is 8.37. The second kappa shape index (κ2) is 7.53. The lowest BCUT2D eigenvalue weighted by Gasteiger charge is -2.40. The first-order valence-corrected chi connectivity index (χ1v) is 8.37. The van der Waals surface area contributed by atoms with E-state index in [1.54, 1.807) is 12.1 Å². The number of carbonyl (C=O) groups is 2. The molecule has 6 nitrogen and oxygen atoms in total. The topological polar surface area (TPSA) is 74.0 Å². The van der Waals surface area contributed by atoms with Crippen molar-refractivity contribution in [3.63, 3.8) is 0 Å². The molecule has 2 heterocycles. The van der Waals surface area contributed by atoms with E-state index in [-0.39, 0.29) is 17.7 Å². The van der Waals surface area contributed by atoms with Crippen LogP contribution in [-0.4, -0.2) is 52.5 Å². The van der Waals surface area contributed by atoms with E-state index in [2.05, 4.69) is 17.0 Å². The van der Waals surface area contributed by atoms with Gasteiger partial charge >= 0.3 is 5.97 Å². The molecule has 0 aliphatic carbocycles. The van der Waals surface area contributed by atoms with Gasteiger partial charge in [-0.1, -0.05) is 30.3 Å². The van der Waals surface area contributed by atoms with Gasteiger partial charge in [0.15, 0.2) is 5.76 Å². The number of aliphatic carboxylic acids is 1. The van der Waals surface area contributed by atoms with Crippen molar-refractivity contribution in [1.82, 2.24) is 9.80 Å². The van der Waals surface area contributed by atoms with Crippen LogP contribution in [0.1, 0.15) is 29.0 Å². The lowest BCUT2D eigenvalue weighted by Crippen LogP contribution is -2.54. The van der Waals surface area contributed by atoms with Crippen molar-refractivity contribution in [1.29, 1.82) is 0 Å². The van der Waals surface area contributed by atoms with Crippen LogP contribution in [-0.2, 0) is 11.3 Å². The Morgan fingerprint density at radius 1 is 1.24 bits per heavy atom. The largest absolute Gasteiger partial charge is 0.480 e. The molecular formula is C19H22N2O4. The quantitative estimate of drug-likeness (QED) is 0.903. The molecule has 1 aliphatic heterocycles. The Labute approximate surface area is 146 Å². The van der Waals surface area contributed by atoms with Crippen molar-refractivity contribution in [3.05, 3.63) is 60.1 Å². The Morgan fingerprint density at radius 3 is 2.64 bits per heavy atom. The zero-order chi connectivity index (χ0) is 17.8. The lowest BCUT2D eigenvalue weighted by molar-refractivity contribution is -0.144. The Morgan fingerprint density at radius 2 is 2.00 bits per heavy atom. The summed E-state index contributed by atoms with van der Waals surface area (Å²) >= 11 is 0. The minimum atomic E-state index is -0.974. The number of rotatable bonds is 5. The average molecular weight is 342 g/mol. The van der Waals surface area contributed by atoms with Crippen LogP contribution >= 0.6 is 0 Å². The number of amides is 1. The molecule has 1 aliphatic rings. The maximum atomic E-state index is 12.5. The van der Waals surface area contributed by atoms with E-state index >= 15 is 0 Å². The predicted molar refractivity (Wildman–Crippen MR) is 92.1 cm³/mol. The summed E-state index contributed by atoms with van der Waals surface area (Å²) in [5.41, 5.74) is 1.19. The van der Waals surface area contributed by atoms with Gasteiger partial charge in [0.25, 0.3) is 5.91 Å². The molecule has 0 saturated carbocycles. The van der Waals surface area contributed by atoms with E-state index in [9.17, 15) is 14.7 Å². The van der Waals surface area contributed by atoms with Crippen LogP contribution in [0.5, 0.6) is 0 Å². The molecular weight excluding hydrogens is 320 g/mol. The summed E-state index contributed by atoms with van der Waals surface area (Å²) in [5, 5.41) is 9.60. The van der Waals surface area contributed by atoms with Gasteiger partial charge in [-0.2, -0.15) is 0 Å². The minimum absolute atomic E-state index is 0.113. The molecule has 2 aromatic rings. The van der Waals surface area contributed by atoms with Crippen molar-refractivity contribution in [2.24, 2.45) is 0 Å². The molecule has 0 radical (unpaired) electrons. The molecule has 2 atom stereocenters. The van der Waals surface area contributed by atoms with Crippen molar-refractivity contribution < 1.29 is 19.1 Å². The van der Waals surface area contributed by atoms with Gasteiger partial charge in [-0.25, -0.2) is 4.79 Å². The summed E-state index contributed by atoms with van der Waals surface area (Å²) in [5.74, 6) is -1.15.